The molecule has 2 atom stereocenters. The van der Waals surface area contributed by atoms with Gasteiger partial charge in [0.25, 0.3) is 0 Å². The van der Waals surface area contributed by atoms with Crippen LogP contribution in [0.3, 0.4) is 0 Å². The van der Waals surface area contributed by atoms with E-state index in [1.807, 2.05) is 24.3 Å². The smallest absolute Gasteiger partial charge is 0.129 e. The first kappa shape index (κ1) is 12.9. The lowest BCUT2D eigenvalue weighted by Crippen LogP contribution is -2.24. The second-order valence-corrected chi connectivity index (χ2v) is 4.87. The van der Waals surface area contributed by atoms with Gasteiger partial charge in [-0.3, -0.25) is 0 Å². The first-order chi connectivity index (χ1) is 9.69. The summed E-state index contributed by atoms with van der Waals surface area (Å²) in [6, 6.07) is 12.0. The van der Waals surface area contributed by atoms with E-state index in [4.69, 9.17) is 15.2 Å². The van der Waals surface area contributed by atoms with Gasteiger partial charge in [-0.25, -0.2) is 4.39 Å². The number of methoxy groups -OCH3 is 1. The van der Waals surface area contributed by atoms with Gasteiger partial charge in [-0.2, -0.15) is 0 Å². The fourth-order valence-corrected chi connectivity index (χ4v) is 2.60. The molecule has 0 aromatic heterocycles. The van der Waals surface area contributed by atoms with Gasteiger partial charge in [-0.1, -0.05) is 24.3 Å². The number of fused-ring (bicyclic) bond motifs is 1. The number of nitrogens with two attached hydrogens (primary N) is 1. The van der Waals surface area contributed by atoms with E-state index in [0.717, 1.165) is 16.9 Å². The van der Waals surface area contributed by atoms with Crippen LogP contribution in [0.25, 0.3) is 0 Å². The molecule has 104 valence electrons. The summed E-state index contributed by atoms with van der Waals surface area (Å²) in [5, 5.41) is 0. The van der Waals surface area contributed by atoms with Crippen molar-refractivity contribution in [2.45, 2.75) is 18.6 Å². The Hall–Kier alpha value is -2.07. The minimum atomic E-state index is -0.323. The van der Waals surface area contributed by atoms with Crippen molar-refractivity contribution in [2.75, 3.05) is 7.11 Å². The number of hydrogen-bond donors (Lipinski definition) is 1. The molecule has 1 heterocycles. The molecule has 2 aromatic rings. The van der Waals surface area contributed by atoms with E-state index in [1.165, 1.54) is 12.1 Å². The zero-order valence-electron chi connectivity index (χ0n) is 11.2. The zero-order chi connectivity index (χ0) is 14.1. The summed E-state index contributed by atoms with van der Waals surface area (Å²) in [7, 11) is 1.62. The molecule has 0 saturated carbocycles. The van der Waals surface area contributed by atoms with Crippen molar-refractivity contribution in [3.8, 4) is 11.5 Å². The second kappa shape index (κ2) is 5.13. The first-order valence-electron chi connectivity index (χ1n) is 6.53. The van der Waals surface area contributed by atoms with Crippen molar-refractivity contribution in [3.63, 3.8) is 0 Å². The molecule has 0 fully saturated rings. The van der Waals surface area contributed by atoms with Crippen LogP contribution in [0, 0.1) is 5.82 Å². The molecule has 0 bridgehead atoms. The molecule has 3 rings (SSSR count). The molecule has 0 aliphatic carbocycles. The van der Waals surface area contributed by atoms with Crippen molar-refractivity contribution < 1.29 is 13.9 Å². The highest BCUT2D eigenvalue weighted by molar-refractivity contribution is 5.42. The molecule has 4 heteroatoms. The second-order valence-electron chi connectivity index (χ2n) is 4.87. The molecule has 1 aliphatic heterocycles. The summed E-state index contributed by atoms with van der Waals surface area (Å²) in [6.45, 7) is 0. The van der Waals surface area contributed by atoms with E-state index >= 15 is 0 Å². The topological polar surface area (TPSA) is 44.5 Å². The molecule has 0 spiro atoms. The van der Waals surface area contributed by atoms with Gasteiger partial charge in [0.15, 0.2) is 0 Å². The Morgan fingerprint density at radius 3 is 2.80 bits per heavy atom. The van der Waals surface area contributed by atoms with E-state index in [1.54, 1.807) is 13.2 Å². The largest absolute Gasteiger partial charge is 0.496 e. The molecule has 20 heavy (non-hydrogen) atoms. The number of rotatable bonds is 2. The number of para-hydroxylation sites is 1. The number of hydrogen-bond acceptors (Lipinski definition) is 3. The average molecular weight is 273 g/mol. The van der Waals surface area contributed by atoms with Crippen LogP contribution >= 0.6 is 0 Å². The summed E-state index contributed by atoms with van der Waals surface area (Å²) >= 11 is 0. The van der Waals surface area contributed by atoms with Gasteiger partial charge in [0.05, 0.1) is 7.11 Å². The number of halogens is 1. The van der Waals surface area contributed by atoms with Gasteiger partial charge < -0.3 is 15.2 Å². The SMILES string of the molecule is COc1ccccc1C1C[C@@H](N)c2ccc(F)cc2O1. The molecule has 1 aliphatic rings. The molecule has 2 aromatic carbocycles. The van der Waals surface area contributed by atoms with Crippen LogP contribution in [0.15, 0.2) is 42.5 Å². The molecule has 1 unspecified atom stereocenters. The Morgan fingerprint density at radius 1 is 1.20 bits per heavy atom. The summed E-state index contributed by atoms with van der Waals surface area (Å²) in [4.78, 5) is 0. The minimum Gasteiger partial charge on any atom is -0.496 e. The molecular formula is C16H16FNO2. The number of ether oxygens (including phenoxy) is 2. The highest BCUT2D eigenvalue weighted by atomic mass is 19.1. The van der Waals surface area contributed by atoms with Gasteiger partial charge in [0, 0.05) is 29.7 Å². The van der Waals surface area contributed by atoms with Crippen LogP contribution in [-0.2, 0) is 0 Å². The van der Waals surface area contributed by atoms with E-state index in [2.05, 4.69) is 0 Å². The summed E-state index contributed by atoms with van der Waals surface area (Å²) < 4.78 is 24.6. The molecular weight excluding hydrogens is 257 g/mol. The minimum absolute atomic E-state index is 0.172. The fourth-order valence-electron chi connectivity index (χ4n) is 2.60. The van der Waals surface area contributed by atoms with Gasteiger partial charge in [-0.15, -0.1) is 0 Å². The third-order valence-corrected chi connectivity index (χ3v) is 3.60. The lowest BCUT2D eigenvalue weighted by Gasteiger charge is -2.31. The third kappa shape index (κ3) is 2.23. The zero-order valence-corrected chi connectivity index (χ0v) is 11.2. The highest BCUT2D eigenvalue weighted by Gasteiger charge is 2.29. The molecule has 2 N–H and O–H groups in total. The maximum atomic E-state index is 13.4. The molecule has 3 nitrogen and oxygen atoms in total. The highest BCUT2D eigenvalue weighted by Crippen LogP contribution is 2.42. The van der Waals surface area contributed by atoms with E-state index in [9.17, 15) is 4.39 Å². The standard InChI is InChI=1S/C16H16FNO2/c1-19-14-5-3-2-4-12(14)16-9-13(18)11-7-6-10(17)8-15(11)20-16/h2-8,13,16H,9,18H2,1H3/t13-,16?/m1/s1. The van der Waals surface area contributed by atoms with Gasteiger partial charge in [0.2, 0.25) is 0 Å². The van der Waals surface area contributed by atoms with Crippen molar-refractivity contribution in [1.29, 1.82) is 0 Å². The van der Waals surface area contributed by atoms with Crippen molar-refractivity contribution in [1.82, 2.24) is 0 Å². The summed E-state index contributed by atoms with van der Waals surface area (Å²) in [5.41, 5.74) is 7.95. The lowest BCUT2D eigenvalue weighted by atomic mass is 9.93. The number of benzene rings is 2. The van der Waals surface area contributed by atoms with Crippen LogP contribution < -0.4 is 15.2 Å². The van der Waals surface area contributed by atoms with Crippen LogP contribution in [0.4, 0.5) is 4.39 Å². The van der Waals surface area contributed by atoms with Gasteiger partial charge in [-0.05, 0) is 12.1 Å². The Balaban J connectivity index is 1.98. The van der Waals surface area contributed by atoms with Crippen molar-refractivity contribution >= 4 is 0 Å². The van der Waals surface area contributed by atoms with Crippen LogP contribution in [0.1, 0.15) is 29.7 Å². The van der Waals surface area contributed by atoms with Crippen molar-refractivity contribution in [2.24, 2.45) is 5.73 Å². The lowest BCUT2D eigenvalue weighted by molar-refractivity contribution is 0.157. The van der Waals surface area contributed by atoms with Crippen LogP contribution in [-0.4, -0.2) is 7.11 Å². The first-order valence-corrected chi connectivity index (χ1v) is 6.53. The molecule has 0 radical (unpaired) electrons. The Bertz CT molecular complexity index is 630. The van der Waals surface area contributed by atoms with E-state index in [-0.39, 0.29) is 18.0 Å². The quantitative estimate of drug-likeness (QED) is 0.912. The van der Waals surface area contributed by atoms with Gasteiger partial charge in [0.1, 0.15) is 23.4 Å². The van der Waals surface area contributed by atoms with E-state index in [0.29, 0.717) is 12.2 Å². The Kier molecular flexibility index (Phi) is 3.32. The maximum Gasteiger partial charge on any atom is 0.129 e. The van der Waals surface area contributed by atoms with Crippen LogP contribution in [0.2, 0.25) is 0 Å². The summed E-state index contributed by atoms with van der Waals surface area (Å²) in [6.07, 6.45) is 0.411. The monoisotopic (exact) mass is 273 g/mol. The van der Waals surface area contributed by atoms with Crippen molar-refractivity contribution in [3.05, 3.63) is 59.4 Å². The third-order valence-electron chi connectivity index (χ3n) is 3.60. The van der Waals surface area contributed by atoms with E-state index < -0.39 is 0 Å². The van der Waals surface area contributed by atoms with Gasteiger partial charge >= 0.3 is 0 Å². The predicted molar refractivity (Wildman–Crippen MR) is 74.3 cm³/mol. The Morgan fingerprint density at radius 2 is 2.00 bits per heavy atom. The Labute approximate surface area is 117 Å². The fraction of sp³-hybridized carbons (Fsp3) is 0.250. The maximum absolute atomic E-state index is 13.4. The van der Waals surface area contributed by atoms with Crippen LogP contribution in [0.5, 0.6) is 11.5 Å². The normalized spacial score (nSPS) is 20.9. The molecule has 0 saturated heterocycles. The summed E-state index contributed by atoms with van der Waals surface area (Å²) in [5.74, 6) is 0.945. The predicted octanol–water partition coefficient (Wildman–Crippen LogP) is 3.36. The molecule has 0 amide bonds. The average Bonchev–Trinajstić information content (AvgIpc) is 2.46.